The van der Waals surface area contributed by atoms with Crippen LogP contribution in [0.5, 0.6) is 0 Å². The molecule has 1 spiro atoms. The highest BCUT2D eigenvalue weighted by atomic mass is 15.3. The van der Waals surface area contributed by atoms with Gasteiger partial charge in [-0.05, 0) is 56.6 Å². The predicted octanol–water partition coefficient (Wildman–Crippen LogP) is 11.6. The molecule has 6 nitrogen and oxygen atoms in total. The zero-order valence-electron chi connectivity index (χ0n) is 31.2. The zero-order chi connectivity index (χ0) is 38.2. The first-order chi connectivity index (χ1) is 28.7. The van der Waals surface area contributed by atoms with Crippen molar-refractivity contribution in [2.75, 3.05) is 0 Å². The maximum Gasteiger partial charge on any atom is 0.182 e. The first-order valence-corrected chi connectivity index (χ1v) is 19.5. The maximum absolute atomic E-state index is 5.15. The third-order valence-corrected chi connectivity index (χ3v) is 11.7. The first-order valence-electron chi connectivity index (χ1n) is 19.5. The maximum atomic E-state index is 5.15. The average molecular weight is 741 g/mol. The minimum Gasteiger partial charge on any atom is -0.212 e. The van der Waals surface area contributed by atoms with Gasteiger partial charge in [0.2, 0.25) is 0 Å². The molecular formula is C52H32N6. The Hall–Kier alpha value is -7.83. The van der Waals surface area contributed by atoms with Gasteiger partial charge in [-0.1, -0.05) is 182 Å². The van der Waals surface area contributed by atoms with Gasteiger partial charge >= 0.3 is 0 Å². The van der Waals surface area contributed by atoms with E-state index in [1.54, 1.807) is 0 Å². The summed E-state index contributed by atoms with van der Waals surface area (Å²) in [5, 5.41) is 5.15. The fraction of sp³-hybridized carbons (Fsp3) is 0.0192. The molecular weight excluding hydrogens is 709 g/mol. The molecule has 7 aromatic carbocycles. The second-order valence-corrected chi connectivity index (χ2v) is 14.9. The van der Waals surface area contributed by atoms with Crippen LogP contribution in [0.1, 0.15) is 22.3 Å². The van der Waals surface area contributed by atoms with Gasteiger partial charge in [0, 0.05) is 27.8 Å². The van der Waals surface area contributed by atoms with Crippen molar-refractivity contribution >= 4 is 5.65 Å². The van der Waals surface area contributed by atoms with E-state index >= 15 is 0 Å². The van der Waals surface area contributed by atoms with Gasteiger partial charge in [0.15, 0.2) is 28.9 Å². The summed E-state index contributed by atoms with van der Waals surface area (Å²) in [7, 11) is 0. The average Bonchev–Trinajstić information content (AvgIpc) is 3.97. The van der Waals surface area contributed by atoms with Crippen LogP contribution in [0.3, 0.4) is 0 Å². The summed E-state index contributed by atoms with van der Waals surface area (Å²) in [5.41, 5.74) is 16.1. The Kier molecular flexibility index (Phi) is 7.04. The Bertz CT molecular complexity index is 3150. The molecule has 10 aromatic rings. The fourth-order valence-corrected chi connectivity index (χ4v) is 9.17. The monoisotopic (exact) mass is 740 g/mol. The molecule has 0 bridgehead atoms. The van der Waals surface area contributed by atoms with E-state index in [2.05, 4.69) is 120 Å². The van der Waals surface area contributed by atoms with E-state index in [0.29, 0.717) is 17.5 Å². The van der Waals surface area contributed by atoms with Gasteiger partial charge in [0.25, 0.3) is 0 Å². The lowest BCUT2D eigenvalue weighted by Crippen LogP contribution is -2.26. The molecule has 58 heavy (non-hydrogen) atoms. The SMILES string of the molecule is c1ccc(-c2nc(-c3ccccc3)nc(-c3ccc(-c4ccc5c(c4)C4(c6ccccc6-5)c5ccccc5-c5c4ccc4nc(-c6ccccc6)nn54)cc3)n2)cc1. The lowest BCUT2D eigenvalue weighted by Gasteiger charge is -2.30. The van der Waals surface area contributed by atoms with E-state index < -0.39 is 5.41 Å². The van der Waals surface area contributed by atoms with Crippen molar-refractivity contribution in [2.45, 2.75) is 5.41 Å². The molecule has 0 aliphatic heterocycles. The van der Waals surface area contributed by atoms with Crippen LogP contribution in [-0.4, -0.2) is 29.5 Å². The lowest BCUT2D eigenvalue weighted by atomic mass is 9.70. The van der Waals surface area contributed by atoms with Gasteiger partial charge < -0.3 is 0 Å². The Balaban J connectivity index is 1.01. The molecule has 2 aliphatic rings. The number of nitrogens with zero attached hydrogens (tertiary/aromatic N) is 6. The van der Waals surface area contributed by atoms with E-state index in [0.717, 1.165) is 50.5 Å². The third kappa shape index (κ3) is 4.75. The van der Waals surface area contributed by atoms with E-state index in [1.165, 1.54) is 38.9 Å². The number of aromatic nitrogens is 6. The Morgan fingerprint density at radius 3 is 1.40 bits per heavy atom. The van der Waals surface area contributed by atoms with Crippen molar-refractivity contribution in [3.05, 3.63) is 216 Å². The zero-order valence-corrected chi connectivity index (χ0v) is 31.2. The number of rotatable bonds is 5. The molecule has 6 heteroatoms. The van der Waals surface area contributed by atoms with Crippen LogP contribution in [0, 0.1) is 0 Å². The number of benzene rings is 7. The largest absolute Gasteiger partial charge is 0.212 e. The third-order valence-electron chi connectivity index (χ3n) is 11.7. The highest BCUT2D eigenvalue weighted by Gasteiger charge is 2.52. The second-order valence-electron chi connectivity index (χ2n) is 14.9. The fourth-order valence-electron chi connectivity index (χ4n) is 9.17. The van der Waals surface area contributed by atoms with Gasteiger partial charge in [0.05, 0.1) is 11.1 Å². The highest BCUT2D eigenvalue weighted by molar-refractivity contribution is 5.95. The summed E-state index contributed by atoms with van der Waals surface area (Å²) >= 11 is 0. The summed E-state index contributed by atoms with van der Waals surface area (Å²) in [5.74, 6) is 2.65. The lowest BCUT2D eigenvalue weighted by molar-refractivity contribution is 0.787. The molecule has 1 unspecified atom stereocenters. The number of fused-ring (bicyclic) bond motifs is 12. The molecule has 0 saturated carbocycles. The minimum absolute atomic E-state index is 0.534. The first kappa shape index (κ1) is 32.4. The minimum atomic E-state index is -0.534. The summed E-state index contributed by atoms with van der Waals surface area (Å²) in [6.07, 6.45) is 0. The Morgan fingerprint density at radius 2 is 0.776 bits per heavy atom. The summed E-state index contributed by atoms with van der Waals surface area (Å²) in [6, 6.07) is 68.1. The quantitative estimate of drug-likeness (QED) is 0.176. The molecule has 2 aliphatic carbocycles. The van der Waals surface area contributed by atoms with Crippen LogP contribution < -0.4 is 0 Å². The molecule has 3 aromatic heterocycles. The molecule has 0 saturated heterocycles. The summed E-state index contributed by atoms with van der Waals surface area (Å²) in [6.45, 7) is 0. The summed E-state index contributed by atoms with van der Waals surface area (Å²) in [4.78, 5) is 19.8. The molecule has 0 amide bonds. The molecule has 3 heterocycles. The van der Waals surface area contributed by atoms with E-state index in [9.17, 15) is 0 Å². The van der Waals surface area contributed by atoms with Crippen LogP contribution in [-0.2, 0) is 5.41 Å². The van der Waals surface area contributed by atoms with Gasteiger partial charge in [-0.15, -0.1) is 5.10 Å². The normalized spacial score (nSPS) is 14.6. The van der Waals surface area contributed by atoms with Crippen LogP contribution in [0.4, 0.5) is 0 Å². The molecule has 0 N–H and O–H groups in total. The van der Waals surface area contributed by atoms with Crippen LogP contribution in [0.25, 0.3) is 84.7 Å². The number of pyridine rings is 1. The number of hydrogen-bond acceptors (Lipinski definition) is 5. The Morgan fingerprint density at radius 1 is 0.310 bits per heavy atom. The summed E-state index contributed by atoms with van der Waals surface area (Å²) < 4.78 is 2.06. The van der Waals surface area contributed by atoms with Crippen molar-refractivity contribution in [1.82, 2.24) is 29.5 Å². The van der Waals surface area contributed by atoms with Gasteiger partial charge in [-0.3, -0.25) is 0 Å². The second kappa shape index (κ2) is 12.6. The molecule has 12 rings (SSSR count). The van der Waals surface area contributed by atoms with Gasteiger partial charge in [0.1, 0.15) is 0 Å². The topological polar surface area (TPSA) is 68.9 Å². The van der Waals surface area contributed by atoms with Crippen molar-refractivity contribution in [3.8, 4) is 79.1 Å². The van der Waals surface area contributed by atoms with Crippen molar-refractivity contribution < 1.29 is 0 Å². The van der Waals surface area contributed by atoms with Crippen molar-refractivity contribution in [3.63, 3.8) is 0 Å². The van der Waals surface area contributed by atoms with Crippen molar-refractivity contribution in [2.24, 2.45) is 0 Å². The van der Waals surface area contributed by atoms with E-state index in [-0.39, 0.29) is 0 Å². The van der Waals surface area contributed by atoms with Gasteiger partial charge in [-0.2, -0.15) is 0 Å². The van der Waals surface area contributed by atoms with E-state index in [1.807, 2.05) is 78.9 Å². The highest BCUT2D eigenvalue weighted by Crippen LogP contribution is 2.63. The van der Waals surface area contributed by atoms with Crippen LogP contribution in [0.2, 0.25) is 0 Å². The smallest absolute Gasteiger partial charge is 0.182 e. The van der Waals surface area contributed by atoms with Crippen molar-refractivity contribution in [1.29, 1.82) is 0 Å². The molecule has 1 atom stereocenters. The molecule has 0 fully saturated rings. The molecule has 0 radical (unpaired) electrons. The van der Waals surface area contributed by atoms with Crippen LogP contribution in [0.15, 0.2) is 194 Å². The van der Waals surface area contributed by atoms with E-state index in [4.69, 9.17) is 25.0 Å². The number of hydrogen-bond donors (Lipinski definition) is 0. The predicted molar refractivity (Wildman–Crippen MR) is 230 cm³/mol. The Labute approximate surface area is 334 Å². The molecule has 270 valence electrons. The van der Waals surface area contributed by atoms with Crippen LogP contribution >= 0.6 is 0 Å². The van der Waals surface area contributed by atoms with Gasteiger partial charge in [-0.25, -0.2) is 24.5 Å². The standard InChI is InChI=1S/C52H32N6/c1-4-14-34(15-5-1)48-54-49(35-16-6-2-7-17-35)56-50(55-48)37-26-24-33(25-27-37)38-28-29-40-39-20-10-12-22-42(39)52(45(40)32-38)43-23-13-11-21-41(43)47-44(52)30-31-46-53-51(57-58(46)47)36-18-8-3-9-19-36/h1-32H.